The van der Waals surface area contributed by atoms with E-state index in [1.807, 2.05) is 6.07 Å². The van der Waals surface area contributed by atoms with E-state index in [9.17, 15) is 13.2 Å². The molecule has 0 aromatic heterocycles. The number of nitrogens with zero attached hydrogens (tertiary/aromatic N) is 2. The monoisotopic (exact) mass is 641 g/mol. The number of methoxy groups -OCH3 is 1. The summed E-state index contributed by atoms with van der Waals surface area (Å²) in [6.07, 6.45) is 2.56. The predicted molar refractivity (Wildman–Crippen MR) is 155 cm³/mol. The van der Waals surface area contributed by atoms with E-state index in [0.717, 1.165) is 55.6 Å². The second-order valence-electron chi connectivity index (χ2n) is 9.52. The molecule has 0 saturated carbocycles. The van der Waals surface area contributed by atoms with Crippen LogP contribution >= 0.6 is 15.9 Å². The third-order valence-corrected chi connectivity index (χ3v) is 7.73. The van der Waals surface area contributed by atoms with Crippen LogP contribution < -0.4 is 19.1 Å². The molecule has 0 spiro atoms. The number of ether oxygens (including phenoxy) is 5. The molecule has 0 unspecified atom stereocenters. The lowest BCUT2D eigenvalue weighted by Crippen LogP contribution is -2.37. The molecule has 220 valence electrons. The van der Waals surface area contributed by atoms with Crippen LogP contribution in [-0.4, -0.2) is 98.6 Å². The Morgan fingerprint density at radius 3 is 2.58 bits per heavy atom. The molecule has 4 rings (SSSR count). The van der Waals surface area contributed by atoms with Gasteiger partial charge in [-0.2, -0.15) is 0 Å². The summed E-state index contributed by atoms with van der Waals surface area (Å²) in [5.74, 6) is 0.717. The number of halogens is 1. The highest BCUT2D eigenvalue weighted by Crippen LogP contribution is 2.36. The highest BCUT2D eigenvalue weighted by atomic mass is 79.9. The molecule has 1 saturated heterocycles. The molecule has 2 aliphatic rings. The highest BCUT2D eigenvalue weighted by molar-refractivity contribution is 9.10. The summed E-state index contributed by atoms with van der Waals surface area (Å²) < 4.78 is 54.7. The number of carbonyl (C=O) groups excluding carboxylic acids is 1. The summed E-state index contributed by atoms with van der Waals surface area (Å²) in [4.78, 5) is 17.6. The number of hydrogen-bond donors (Lipinski definition) is 1. The van der Waals surface area contributed by atoms with Gasteiger partial charge in [0.15, 0.2) is 6.79 Å². The Balaban J connectivity index is 1.46. The number of carbonyl (C=O) groups is 1. The summed E-state index contributed by atoms with van der Waals surface area (Å²) in [6.45, 7) is 5.96. The molecule has 2 heterocycles. The zero-order chi connectivity index (χ0) is 28.5. The molecule has 1 amide bonds. The van der Waals surface area contributed by atoms with Gasteiger partial charge >= 0.3 is 0 Å². The Kier molecular flexibility index (Phi) is 11.0. The summed E-state index contributed by atoms with van der Waals surface area (Å²) in [6, 6.07) is 8.67. The number of anilines is 2. The maximum absolute atomic E-state index is 13.6. The predicted octanol–water partition coefficient (Wildman–Crippen LogP) is 3.12. The molecule has 2 aliphatic heterocycles. The van der Waals surface area contributed by atoms with Crippen LogP contribution in [0.5, 0.6) is 11.5 Å². The Morgan fingerprint density at radius 2 is 1.82 bits per heavy atom. The molecule has 13 heteroatoms. The topological polar surface area (TPSA) is 116 Å². The van der Waals surface area contributed by atoms with Gasteiger partial charge in [0.25, 0.3) is 5.91 Å². The quantitative estimate of drug-likeness (QED) is 0.245. The Bertz CT molecular complexity index is 1270. The first-order chi connectivity index (χ1) is 19.2. The smallest absolute Gasteiger partial charge is 0.258 e. The van der Waals surface area contributed by atoms with Gasteiger partial charge in [0.1, 0.15) is 11.5 Å². The normalized spacial score (nSPS) is 16.1. The van der Waals surface area contributed by atoms with Crippen LogP contribution in [0, 0.1) is 0 Å². The highest BCUT2D eigenvalue weighted by Gasteiger charge is 2.28. The average molecular weight is 643 g/mol. The maximum Gasteiger partial charge on any atom is 0.258 e. The van der Waals surface area contributed by atoms with Crippen molar-refractivity contribution in [2.75, 3.05) is 89.0 Å². The molecule has 2 aromatic rings. The number of rotatable bonds is 14. The fraction of sp³-hybridized carbons (Fsp3) is 0.519. The van der Waals surface area contributed by atoms with Crippen LogP contribution in [0.1, 0.15) is 22.3 Å². The van der Waals surface area contributed by atoms with Gasteiger partial charge in [-0.15, -0.1) is 0 Å². The van der Waals surface area contributed by atoms with Crippen molar-refractivity contribution in [3.8, 4) is 11.5 Å². The Labute approximate surface area is 243 Å². The zero-order valence-corrected chi connectivity index (χ0v) is 25.2. The molecule has 1 fully saturated rings. The van der Waals surface area contributed by atoms with Gasteiger partial charge in [0.05, 0.1) is 49.5 Å². The molecule has 2 aromatic carbocycles. The van der Waals surface area contributed by atoms with Gasteiger partial charge in [0.2, 0.25) is 10.0 Å². The van der Waals surface area contributed by atoms with Gasteiger partial charge < -0.3 is 28.6 Å². The minimum Gasteiger partial charge on any atom is -0.492 e. The van der Waals surface area contributed by atoms with E-state index < -0.39 is 10.0 Å². The van der Waals surface area contributed by atoms with Crippen molar-refractivity contribution in [1.29, 1.82) is 0 Å². The van der Waals surface area contributed by atoms with E-state index in [2.05, 4.69) is 25.6 Å². The van der Waals surface area contributed by atoms with E-state index in [-0.39, 0.29) is 24.1 Å². The first-order valence-electron chi connectivity index (χ1n) is 13.1. The molecular weight excluding hydrogens is 606 g/mol. The molecular formula is C27H36BrN3O8S. The first-order valence-corrected chi connectivity index (χ1v) is 15.8. The van der Waals surface area contributed by atoms with Crippen molar-refractivity contribution in [2.24, 2.45) is 0 Å². The van der Waals surface area contributed by atoms with Crippen molar-refractivity contribution in [1.82, 2.24) is 4.90 Å². The van der Waals surface area contributed by atoms with E-state index >= 15 is 0 Å². The Morgan fingerprint density at radius 1 is 1.02 bits per heavy atom. The molecule has 11 nitrogen and oxygen atoms in total. The number of sulfonamides is 1. The van der Waals surface area contributed by atoms with Crippen molar-refractivity contribution in [3.05, 3.63) is 45.9 Å². The minimum absolute atomic E-state index is 0.0821. The lowest BCUT2D eigenvalue weighted by atomic mass is 9.98. The van der Waals surface area contributed by atoms with Gasteiger partial charge in [0, 0.05) is 44.5 Å². The van der Waals surface area contributed by atoms with Crippen LogP contribution in [0.4, 0.5) is 11.4 Å². The lowest BCUT2D eigenvalue weighted by molar-refractivity contribution is -0.00814. The van der Waals surface area contributed by atoms with Crippen molar-refractivity contribution in [3.63, 3.8) is 0 Å². The molecule has 1 N–H and O–H groups in total. The fourth-order valence-corrected chi connectivity index (χ4v) is 5.59. The van der Waals surface area contributed by atoms with Crippen molar-refractivity contribution in [2.45, 2.75) is 12.8 Å². The molecule has 40 heavy (non-hydrogen) atoms. The zero-order valence-electron chi connectivity index (χ0n) is 22.8. The van der Waals surface area contributed by atoms with Crippen molar-refractivity contribution < 1.29 is 36.9 Å². The summed E-state index contributed by atoms with van der Waals surface area (Å²) in [5.41, 5.74) is 2.25. The van der Waals surface area contributed by atoms with Gasteiger partial charge in [-0.3, -0.25) is 14.4 Å². The number of benzene rings is 2. The van der Waals surface area contributed by atoms with Gasteiger partial charge in [-0.05, 0) is 64.7 Å². The van der Waals surface area contributed by atoms with E-state index in [4.69, 9.17) is 23.7 Å². The summed E-state index contributed by atoms with van der Waals surface area (Å²) >= 11 is 3.59. The lowest BCUT2D eigenvalue weighted by Gasteiger charge is -2.30. The molecule has 0 aliphatic carbocycles. The number of fused-ring (bicyclic) bond motifs is 1. The van der Waals surface area contributed by atoms with Crippen molar-refractivity contribution >= 4 is 43.2 Å². The second-order valence-corrected chi connectivity index (χ2v) is 12.1. The van der Waals surface area contributed by atoms with Crippen LogP contribution in [0.15, 0.2) is 34.8 Å². The van der Waals surface area contributed by atoms with Crippen LogP contribution in [0.25, 0.3) is 0 Å². The second kappa shape index (κ2) is 14.5. The molecule has 0 atom stereocenters. The number of nitrogens with one attached hydrogen (secondary N) is 1. The van der Waals surface area contributed by atoms with Crippen LogP contribution in [0.3, 0.4) is 0 Å². The number of amides is 1. The van der Waals surface area contributed by atoms with Gasteiger partial charge in [-0.1, -0.05) is 0 Å². The summed E-state index contributed by atoms with van der Waals surface area (Å²) in [5, 5.41) is 0. The minimum atomic E-state index is -3.60. The SMILES string of the molecule is COCCOCOc1ccc(N2CCc3cc(Br)c(OCCCN4CCOCC4)cc3C2=O)cc1NS(C)(=O)=O. The maximum atomic E-state index is 13.6. The number of hydrogen-bond acceptors (Lipinski definition) is 9. The standard InChI is InChI=1S/C27H36BrN3O8S/c1-35-14-15-37-19-39-25-5-4-21(17-24(25)29-40(2,33)34)31-8-6-20-16-23(28)26(18-22(20)27(31)32)38-11-3-7-30-9-12-36-13-10-30/h4-5,16-18,29H,3,6-15,19H2,1-2H3. The Hall–Kier alpha value is -2.42. The third-order valence-electron chi connectivity index (χ3n) is 6.52. The van der Waals surface area contributed by atoms with Crippen LogP contribution in [-0.2, 0) is 30.7 Å². The largest absolute Gasteiger partial charge is 0.492 e. The van der Waals surface area contributed by atoms with E-state index in [1.54, 1.807) is 36.3 Å². The average Bonchev–Trinajstić information content (AvgIpc) is 2.92. The van der Waals surface area contributed by atoms with E-state index in [1.165, 1.54) is 0 Å². The summed E-state index contributed by atoms with van der Waals surface area (Å²) in [7, 11) is -2.04. The third kappa shape index (κ3) is 8.54. The number of morpholine rings is 1. The van der Waals surface area contributed by atoms with E-state index in [0.29, 0.717) is 49.8 Å². The molecule has 0 radical (unpaired) electrons. The van der Waals surface area contributed by atoms with Gasteiger partial charge in [-0.25, -0.2) is 8.42 Å². The molecule has 0 bridgehead atoms. The first kappa shape index (κ1) is 30.5. The fourth-order valence-electron chi connectivity index (χ4n) is 4.53. The van der Waals surface area contributed by atoms with Crippen LogP contribution in [0.2, 0.25) is 0 Å².